The molecule has 1 saturated carbocycles. The van der Waals surface area contributed by atoms with Gasteiger partial charge in [0.05, 0.1) is 24.3 Å². The zero-order chi connectivity index (χ0) is 14.9. The van der Waals surface area contributed by atoms with Gasteiger partial charge in [-0.05, 0) is 42.8 Å². The van der Waals surface area contributed by atoms with E-state index in [0.717, 1.165) is 23.6 Å². The Morgan fingerprint density at radius 1 is 1.18 bits per heavy atom. The summed E-state index contributed by atoms with van der Waals surface area (Å²) in [5, 5.41) is 11.1. The Labute approximate surface area is 126 Å². The van der Waals surface area contributed by atoms with Gasteiger partial charge in [0.1, 0.15) is 5.76 Å². The molecule has 0 saturated heterocycles. The summed E-state index contributed by atoms with van der Waals surface area (Å²) >= 11 is 0. The number of hydrogen-bond donors (Lipinski definition) is 1. The zero-order valence-electron chi connectivity index (χ0n) is 11.7. The lowest BCUT2D eigenvalue weighted by Gasteiger charge is -2.06. The molecule has 6 nitrogen and oxygen atoms in total. The van der Waals surface area contributed by atoms with Crippen LogP contribution in [0, 0.1) is 5.92 Å². The minimum atomic E-state index is -0.00129. The highest BCUT2D eigenvalue weighted by Gasteiger charge is 2.45. The lowest BCUT2D eigenvalue weighted by Crippen LogP contribution is -2.14. The molecule has 1 fully saturated rings. The Morgan fingerprint density at radius 2 is 1.95 bits per heavy atom. The third-order valence-corrected chi connectivity index (χ3v) is 3.82. The van der Waals surface area contributed by atoms with E-state index in [1.54, 1.807) is 18.7 Å². The standard InChI is InChI=1S/C16H14N4O2/c21-16(14-10-13(14)15-2-1-9-22-15)19-11-3-5-12(6-4-11)20-17-7-8-18-20/h1-9,13-14H,10H2,(H,19,21)/t13-,14+/m0/s1. The molecule has 1 aliphatic rings. The van der Waals surface area contributed by atoms with E-state index in [2.05, 4.69) is 15.5 Å². The normalized spacial score (nSPS) is 19.8. The Bertz CT molecular complexity index is 763. The van der Waals surface area contributed by atoms with Crippen molar-refractivity contribution < 1.29 is 9.21 Å². The van der Waals surface area contributed by atoms with Crippen LogP contribution in [0.25, 0.3) is 5.69 Å². The number of nitrogens with zero attached hydrogens (tertiary/aromatic N) is 3. The number of aromatic nitrogens is 3. The highest BCUT2D eigenvalue weighted by molar-refractivity contribution is 5.95. The van der Waals surface area contributed by atoms with Gasteiger partial charge in [0.15, 0.2) is 0 Å². The second-order valence-corrected chi connectivity index (χ2v) is 5.32. The van der Waals surface area contributed by atoms with Crippen LogP contribution in [0.15, 0.2) is 59.5 Å². The van der Waals surface area contributed by atoms with Gasteiger partial charge in [0.25, 0.3) is 0 Å². The lowest BCUT2D eigenvalue weighted by molar-refractivity contribution is -0.117. The second kappa shape index (κ2) is 5.14. The number of furan rings is 1. The van der Waals surface area contributed by atoms with Crippen LogP contribution in [0.3, 0.4) is 0 Å². The van der Waals surface area contributed by atoms with Crippen molar-refractivity contribution in [3.63, 3.8) is 0 Å². The van der Waals surface area contributed by atoms with Gasteiger partial charge in [-0.2, -0.15) is 15.0 Å². The lowest BCUT2D eigenvalue weighted by atomic mass is 10.2. The summed E-state index contributed by atoms with van der Waals surface area (Å²) in [5.41, 5.74) is 1.62. The first-order valence-electron chi connectivity index (χ1n) is 7.12. The van der Waals surface area contributed by atoms with Crippen molar-refractivity contribution in [2.24, 2.45) is 5.92 Å². The molecule has 0 radical (unpaired) electrons. The molecule has 2 aromatic heterocycles. The van der Waals surface area contributed by atoms with Gasteiger partial charge in [-0.1, -0.05) is 0 Å². The van der Waals surface area contributed by atoms with Crippen LogP contribution in [-0.2, 0) is 4.79 Å². The first-order valence-corrected chi connectivity index (χ1v) is 7.12. The molecule has 6 heteroatoms. The molecule has 1 amide bonds. The number of anilines is 1. The van der Waals surface area contributed by atoms with Gasteiger partial charge < -0.3 is 9.73 Å². The summed E-state index contributed by atoms with van der Waals surface area (Å²) in [6.07, 6.45) is 5.73. The van der Waals surface area contributed by atoms with Gasteiger partial charge in [0.2, 0.25) is 5.91 Å². The number of nitrogens with one attached hydrogen (secondary N) is 1. The fraction of sp³-hybridized carbons (Fsp3) is 0.188. The number of rotatable bonds is 4. The van der Waals surface area contributed by atoms with E-state index in [9.17, 15) is 4.79 Å². The van der Waals surface area contributed by atoms with E-state index in [1.165, 1.54) is 4.80 Å². The van der Waals surface area contributed by atoms with Gasteiger partial charge in [-0.15, -0.1) is 0 Å². The smallest absolute Gasteiger partial charge is 0.228 e. The van der Waals surface area contributed by atoms with Crippen LogP contribution in [0.4, 0.5) is 5.69 Å². The number of benzene rings is 1. The van der Waals surface area contributed by atoms with Crippen molar-refractivity contribution in [1.29, 1.82) is 0 Å². The monoisotopic (exact) mass is 294 g/mol. The average molecular weight is 294 g/mol. The van der Waals surface area contributed by atoms with Crippen molar-refractivity contribution in [1.82, 2.24) is 15.0 Å². The molecule has 1 aliphatic carbocycles. The van der Waals surface area contributed by atoms with Gasteiger partial charge >= 0.3 is 0 Å². The summed E-state index contributed by atoms with van der Waals surface area (Å²) in [6, 6.07) is 11.2. The molecule has 0 bridgehead atoms. The van der Waals surface area contributed by atoms with E-state index < -0.39 is 0 Å². The summed E-state index contributed by atoms with van der Waals surface area (Å²) in [7, 11) is 0. The molecular weight excluding hydrogens is 280 g/mol. The second-order valence-electron chi connectivity index (χ2n) is 5.32. The quantitative estimate of drug-likeness (QED) is 0.802. The van der Waals surface area contributed by atoms with Crippen LogP contribution < -0.4 is 5.32 Å². The van der Waals surface area contributed by atoms with Gasteiger partial charge in [-0.3, -0.25) is 4.79 Å². The van der Waals surface area contributed by atoms with E-state index in [0.29, 0.717) is 0 Å². The fourth-order valence-corrected chi connectivity index (χ4v) is 2.56. The summed E-state index contributed by atoms with van der Waals surface area (Å²) in [6.45, 7) is 0. The fourth-order valence-electron chi connectivity index (χ4n) is 2.56. The van der Waals surface area contributed by atoms with Crippen LogP contribution in [0.2, 0.25) is 0 Å². The maximum Gasteiger partial charge on any atom is 0.228 e. The number of carbonyl (C=O) groups excluding carboxylic acids is 1. The molecule has 2 heterocycles. The third-order valence-electron chi connectivity index (χ3n) is 3.82. The highest BCUT2D eigenvalue weighted by Crippen LogP contribution is 2.48. The Balaban J connectivity index is 1.40. The van der Waals surface area contributed by atoms with Crippen molar-refractivity contribution in [2.45, 2.75) is 12.3 Å². The van der Waals surface area contributed by atoms with Crippen molar-refractivity contribution in [3.05, 3.63) is 60.8 Å². The number of carbonyl (C=O) groups is 1. The topological polar surface area (TPSA) is 73.0 Å². The Hall–Kier alpha value is -2.89. The zero-order valence-corrected chi connectivity index (χ0v) is 11.7. The average Bonchev–Trinajstić information content (AvgIpc) is 2.97. The molecule has 0 spiro atoms. The maximum atomic E-state index is 12.2. The van der Waals surface area contributed by atoms with Crippen molar-refractivity contribution in [2.75, 3.05) is 5.32 Å². The number of hydrogen-bond acceptors (Lipinski definition) is 4. The van der Waals surface area contributed by atoms with Gasteiger partial charge in [-0.25, -0.2) is 0 Å². The Morgan fingerprint density at radius 3 is 2.64 bits per heavy atom. The molecule has 2 atom stereocenters. The van der Waals surface area contributed by atoms with E-state index in [-0.39, 0.29) is 17.7 Å². The molecule has 1 aromatic carbocycles. The molecule has 110 valence electrons. The maximum absolute atomic E-state index is 12.2. The molecule has 1 N–H and O–H groups in total. The molecular formula is C16H14N4O2. The predicted octanol–water partition coefficient (Wildman–Crippen LogP) is 2.60. The minimum Gasteiger partial charge on any atom is -0.469 e. The van der Waals surface area contributed by atoms with E-state index >= 15 is 0 Å². The minimum absolute atomic E-state index is 0.00129. The van der Waals surface area contributed by atoms with Crippen LogP contribution in [-0.4, -0.2) is 20.9 Å². The SMILES string of the molecule is O=C(Nc1ccc(-n2nccn2)cc1)[C@@H]1C[C@@H]1c1ccco1. The summed E-state index contributed by atoms with van der Waals surface area (Å²) < 4.78 is 5.35. The van der Waals surface area contributed by atoms with E-state index in [1.807, 2.05) is 36.4 Å². The van der Waals surface area contributed by atoms with Crippen LogP contribution in [0.1, 0.15) is 18.1 Å². The first kappa shape index (κ1) is 12.8. The molecule has 22 heavy (non-hydrogen) atoms. The molecule has 4 rings (SSSR count). The van der Waals surface area contributed by atoms with Crippen LogP contribution >= 0.6 is 0 Å². The summed E-state index contributed by atoms with van der Waals surface area (Å²) in [4.78, 5) is 13.7. The third kappa shape index (κ3) is 2.39. The number of amides is 1. The van der Waals surface area contributed by atoms with Crippen molar-refractivity contribution in [3.8, 4) is 5.69 Å². The van der Waals surface area contributed by atoms with Crippen LogP contribution in [0.5, 0.6) is 0 Å². The largest absolute Gasteiger partial charge is 0.469 e. The first-order chi connectivity index (χ1) is 10.8. The van der Waals surface area contributed by atoms with Crippen molar-refractivity contribution >= 4 is 11.6 Å². The van der Waals surface area contributed by atoms with E-state index in [4.69, 9.17) is 4.42 Å². The summed E-state index contributed by atoms with van der Waals surface area (Å²) in [5.74, 6) is 1.13. The van der Waals surface area contributed by atoms with Gasteiger partial charge in [0, 0.05) is 17.5 Å². The predicted molar refractivity (Wildman–Crippen MR) is 79.5 cm³/mol. The molecule has 3 aromatic rings. The molecule has 0 unspecified atom stereocenters. The molecule has 0 aliphatic heterocycles. The highest BCUT2D eigenvalue weighted by atomic mass is 16.3. The Kier molecular flexibility index (Phi) is 3.00.